The molecule has 1 unspecified atom stereocenters. The van der Waals surface area contributed by atoms with Gasteiger partial charge in [0.25, 0.3) is 0 Å². The number of aromatic nitrogens is 1. The molecule has 0 radical (unpaired) electrons. The summed E-state index contributed by atoms with van der Waals surface area (Å²) in [6.45, 7) is 13.7. The number of carbonyl (C=O) groups is 2. The highest BCUT2D eigenvalue weighted by molar-refractivity contribution is 6.03. The number of pyridine rings is 1. The summed E-state index contributed by atoms with van der Waals surface area (Å²) in [6, 6.07) is 9.80. The van der Waals surface area contributed by atoms with Gasteiger partial charge in [-0.1, -0.05) is 27.7 Å². The number of hydrogen-bond acceptors (Lipinski definition) is 7. The second-order valence-electron chi connectivity index (χ2n) is 14.5. The molecule has 3 fully saturated rings. The van der Waals surface area contributed by atoms with E-state index >= 15 is 0 Å². The SMILES string of the molecule is COc1ccc(C(=O)C2CCCN(CC(C)(C)C)C2)c(N2CCC(COc3cc([C@H](C4CC4)[C@H](C)C(=O)O)ccn3)CC2)c1. The van der Waals surface area contributed by atoms with Crippen LogP contribution in [0.4, 0.5) is 5.69 Å². The number of benzene rings is 1. The lowest BCUT2D eigenvalue weighted by Crippen LogP contribution is -2.43. The summed E-state index contributed by atoms with van der Waals surface area (Å²) in [7, 11) is 1.67. The Bertz CT molecular complexity index is 1290. The summed E-state index contributed by atoms with van der Waals surface area (Å²) in [5.41, 5.74) is 3.01. The fourth-order valence-corrected chi connectivity index (χ4v) is 7.25. The number of hydrogen-bond donors (Lipinski definition) is 1. The zero-order chi connectivity index (χ0) is 31.4. The smallest absolute Gasteiger partial charge is 0.306 e. The summed E-state index contributed by atoms with van der Waals surface area (Å²) >= 11 is 0. The number of anilines is 1. The molecule has 3 heterocycles. The molecule has 0 spiro atoms. The van der Waals surface area contributed by atoms with Crippen molar-refractivity contribution in [3.05, 3.63) is 47.7 Å². The van der Waals surface area contributed by atoms with E-state index in [1.807, 2.05) is 30.3 Å². The third-order valence-corrected chi connectivity index (χ3v) is 9.67. The van der Waals surface area contributed by atoms with Gasteiger partial charge in [0.15, 0.2) is 5.78 Å². The lowest BCUT2D eigenvalue weighted by atomic mass is 9.84. The normalized spacial score (nSPS) is 21.5. The molecular formula is C36H51N3O5. The highest BCUT2D eigenvalue weighted by Crippen LogP contribution is 2.47. The van der Waals surface area contributed by atoms with Gasteiger partial charge in [0.05, 0.1) is 25.3 Å². The van der Waals surface area contributed by atoms with Gasteiger partial charge in [-0.2, -0.15) is 0 Å². The van der Waals surface area contributed by atoms with E-state index in [1.54, 1.807) is 20.2 Å². The molecule has 1 aromatic heterocycles. The molecule has 0 amide bonds. The van der Waals surface area contributed by atoms with Crippen molar-refractivity contribution in [1.82, 2.24) is 9.88 Å². The summed E-state index contributed by atoms with van der Waals surface area (Å²) in [6.07, 6.45) is 7.80. The molecule has 2 aliphatic heterocycles. The summed E-state index contributed by atoms with van der Waals surface area (Å²) in [5, 5.41) is 9.65. The van der Waals surface area contributed by atoms with Crippen LogP contribution in [-0.4, -0.2) is 73.2 Å². The topological polar surface area (TPSA) is 92.2 Å². The van der Waals surface area contributed by atoms with Gasteiger partial charge in [-0.25, -0.2) is 4.98 Å². The maximum atomic E-state index is 13.9. The molecule has 8 heteroatoms. The standard InChI is InChI=1S/C36H51N3O5/c1-24(35(41)42)33(26-8-9-26)27-12-15-37-32(19-27)44-22-25-13-17-39(18-14-25)31-20-29(43-5)10-11-30(31)34(40)28-7-6-16-38(21-28)23-36(2,3)4/h10-12,15,19-20,24-26,28,33H,6-9,13-14,16-18,21-23H2,1-5H3,(H,41,42)/t24-,28?,33-/m0/s1. The molecule has 1 aromatic carbocycles. The van der Waals surface area contributed by atoms with Crippen LogP contribution in [0.2, 0.25) is 0 Å². The minimum absolute atomic E-state index is 0.00367. The van der Waals surface area contributed by atoms with Gasteiger partial charge in [-0.3, -0.25) is 9.59 Å². The van der Waals surface area contributed by atoms with E-state index in [0.29, 0.717) is 24.3 Å². The van der Waals surface area contributed by atoms with Gasteiger partial charge in [-0.05, 0) is 92.0 Å². The third kappa shape index (κ3) is 8.12. The van der Waals surface area contributed by atoms with Gasteiger partial charge in [0.1, 0.15) is 5.75 Å². The number of aliphatic carboxylic acids is 1. The second-order valence-corrected chi connectivity index (χ2v) is 14.5. The molecule has 3 atom stereocenters. The predicted octanol–water partition coefficient (Wildman–Crippen LogP) is 6.54. The van der Waals surface area contributed by atoms with E-state index in [0.717, 1.165) is 93.8 Å². The molecular weight excluding hydrogens is 554 g/mol. The summed E-state index contributed by atoms with van der Waals surface area (Å²) < 4.78 is 11.8. The van der Waals surface area contributed by atoms with E-state index in [1.165, 1.54) is 0 Å². The quantitative estimate of drug-likeness (QED) is 0.273. The number of likely N-dealkylation sites (tertiary alicyclic amines) is 1. The van der Waals surface area contributed by atoms with Crippen LogP contribution < -0.4 is 14.4 Å². The van der Waals surface area contributed by atoms with E-state index in [-0.39, 0.29) is 23.0 Å². The Morgan fingerprint density at radius 2 is 1.80 bits per heavy atom. The van der Waals surface area contributed by atoms with Crippen LogP contribution in [0.25, 0.3) is 0 Å². The molecule has 0 bridgehead atoms. The number of carboxylic acid groups (broad SMARTS) is 1. The van der Waals surface area contributed by atoms with Crippen LogP contribution in [0.5, 0.6) is 11.6 Å². The monoisotopic (exact) mass is 605 g/mol. The van der Waals surface area contributed by atoms with Crippen LogP contribution in [0.15, 0.2) is 36.5 Å². The second kappa shape index (κ2) is 13.9. The fourth-order valence-electron chi connectivity index (χ4n) is 7.25. The Morgan fingerprint density at radius 1 is 1.05 bits per heavy atom. The lowest BCUT2D eigenvalue weighted by molar-refractivity contribution is -0.142. The molecule has 44 heavy (non-hydrogen) atoms. The molecule has 240 valence electrons. The summed E-state index contributed by atoms with van der Waals surface area (Å²) in [4.78, 5) is 34.9. The highest BCUT2D eigenvalue weighted by Gasteiger charge is 2.39. The predicted molar refractivity (Wildman–Crippen MR) is 173 cm³/mol. The molecule has 2 aromatic rings. The number of methoxy groups -OCH3 is 1. The number of ether oxygens (including phenoxy) is 2. The van der Waals surface area contributed by atoms with Crippen molar-refractivity contribution in [3.8, 4) is 11.6 Å². The largest absolute Gasteiger partial charge is 0.497 e. The van der Waals surface area contributed by atoms with Crippen molar-refractivity contribution in [1.29, 1.82) is 0 Å². The van der Waals surface area contributed by atoms with Crippen molar-refractivity contribution in [2.24, 2.45) is 29.1 Å². The minimum atomic E-state index is -0.755. The zero-order valence-corrected chi connectivity index (χ0v) is 27.3. The Balaban J connectivity index is 1.21. The van der Waals surface area contributed by atoms with E-state index in [2.05, 4.69) is 35.6 Å². The number of Topliss-reactive ketones (excluding diaryl/α,β-unsaturated/α-hetero) is 1. The fraction of sp³-hybridized carbons (Fsp3) is 0.639. The Labute approximate surface area is 263 Å². The number of nitrogens with zero attached hydrogens (tertiary/aromatic N) is 3. The first-order valence-electron chi connectivity index (χ1n) is 16.5. The van der Waals surface area contributed by atoms with Crippen molar-refractivity contribution in [3.63, 3.8) is 0 Å². The Kier molecular flexibility index (Phi) is 10.2. The molecule has 1 N–H and O–H groups in total. The number of piperidine rings is 2. The average Bonchev–Trinajstić information content (AvgIpc) is 3.84. The van der Waals surface area contributed by atoms with E-state index in [4.69, 9.17) is 9.47 Å². The number of carbonyl (C=O) groups excluding carboxylic acids is 1. The first-order chi connectivity index (χ1) is 21.0. The summed E-state index contributed by atoms with van der Waals surface area (Å²) in [5.74, 6) is 1.22. The van der Waals surface area contributed by atoms with Crippen LogP contribution in [0.3, 0.4) is 0 Å². The van der Waals surface area contributed by atoms with Crippen molar-refractivity contribution >= 4 is 17.4 Å². The zero-order valence-electron chi connectivity index (χ0n) is 27.3. The first kappa shape index (κ1) is 32.3. The van der Waals surface area contributed by atoms with Crippen molar-refractivity contribution in [2.45, 2.75) is 72.1 Å². The van der Waals surface area contributed by atoms with Gasteiger partial charge in [0, 0.05) is 56.0 Å². The Morgan fingerprint density at radius 3 is 2.45 bits per heavy atom. The molecule has 1 saturated carbocycles. The molecule has 3 aliphatic rings. The van der Waals surface area contributed by atoms with Crippen LogP contribution in [0.1, 0.15) is 88.1 Å². The first-order valence-corrected chi connectivity index (χ1v) is 16.5. The molecule has 2 saturated heterocycles. The maximum absolute atomic E-state index is 13.9. The third-order valence-electron chi connectivity index (χ3n) is 9.67. The number of rotatable bonds is 12. The minimum Gasteiger partial charge on any atom is -0.497 e. The molecule has 8 nitrogen and oxygen atoms in total. The van der Waals surface area contributed by atoms with Crippen molar-refractivity contribution < 1.29 is 24.2 Å². The van der Waals surface area contributed by atoms with Crippen LogP contribution in [-0.2, 0) is 4.79 Å². The Hall–Kier alpha value is -3.13. The van der Waals surface area contributed by atoms with Gasteiger partial charge in [0.2, 0.25) is 5.88 Å². The molecule has 1 aliphatic carbocycles. The van der Waals surface area contributed by atoms with Crippen molar-refractivity contribution in [2.75, 3.05) is 51.3 Å². The lowest BCUT2D eigenvalue weighted by Gasteiger charge is -2.37. The van der Waals surface area contributed by atoms with Crippen LogP contribution >= 0.6 is 0 Å². The van der Waals surface area contributed by atoms with Gasteiger partial charge in [-0.15, -0.1) is 0 Å². The highest BCUT2D eigenvalue weighted by atomic mass is 16.5. The van der Waals surface area contributed by atoms with E-state index in [9.17, 15) is 14.7 Å². The maximum Gasteiger partial charge on any atom is 0.306 e. The molecule has 5 rings (SSSR count). The average molecular weight is 606 g/mol. The van der Waals surface area contributed by atoms with Gasteiger partial charge < -0.3 is 24.4 Å². The van der Waals surface area contributed by atoms with E-state index < -0.39 is 11.9 Å². The number of ketones is 1. The van der Waals surface area contributed by atoms with Crippen LogP contribution in [0, 0.1) is 29.1 Å². The van der Waals surface area contributed by atoms with Gasteiger partial charge >= 0.3 is 5.97 Å². The number of carboxylic acids is 1.